The van der Waals surface area contributed by atoms with Crippen molar-refractivity contribution < 1.29 is 9.18 Å². The van der Waals surface area contributed by atoms with Crippen molar-refractivity contribution in [1.29, 1.82) is 0 Å². The molecular weight excluding hydrogens is 278 g/mol. The topological polar surface area (TPSA) is 46.3 Å². The van der Waals surface area contributed by atoms with Crippen LogP contribution >= 0.6 is 24.0 Å². The van der Waals surface area contributed by atoms with Crippen molar-refractivity contribution in [2.45, 2.75) is 18.9 Å². The van der Waals surface area contributed by atoms with Crippen molar-refractivity contribution in [3.63, 3.8) is 0 Å². The van der Waals surface area contributed by atoms with Crippen LogP contribution in [0.5, 0.6) is 0 Å². The summed E-state index contributed by atoms with van der Waals surface area (Å²) in [6.07, 6.45) is 1.79. The molecule has 1 aliphatic rings. The Labute approximate surface area is 116 Å². The normalized spacial score (nSPS) is 19.3. The highest BCUT2D eigenvalue weighted by molar-refractivity contribution is 6.34. The molecule has 1 fully saturated rings. The number of nitrogens with zero attached hydrogens (tertiary/aromatic N) is 1. The minimum atomic E-state index is -0.571. The third-order valence-electron chi connectivity index (χ3n) is 2.93. The Morgan fingerprint density at radius 2 is 2.22 bits per heavy atom. The second kappa shape index (κ2) is 6.36. The Morgan fingerprint density at radius 1 is 1.50 bits per heavy atom. The van der Waals surface area contributed by atoms with Gasteiger partial charge >= 0.3 is 0 Å². The predicted molar refractivity (Wildman–Crippen MR) is 71.8 cm³/mol. The van der Waals surface area contributed by atoms with Gasteiger partial charge in [0, 0.05) is 19.1 Å². The van der Waals surface area contributed by atoms with Gasteiger partial charge in [-0.25, -0.2) is 4.39 Å². The molecule has 0 aliphatic carbocycles. The van der Waals surface area contributed by atoms with Crippen molar-refractivity contribution >= 4 is 29.9 Å². The molecule has 0 spiro atoms. The summed E-state index contributed by atoms with van der Waals surface area (Å²) in [6, 6.07) is 4.26. The maximum absolute atomic E-state index is 13.3. The van der Waals surface area contributed by atoms with E-state index in [4.69, 9.17) is 17.3 Å². The largest absolute Gasteiger partial charge is 0.337 e. The van der Waals surface area contributed by atoms with Gasteiger partial charge in [-0.2, -0.15) is 0 Å². The Hall–Kier alpha value is -0.840. The fraction of sp³-hybridized carbons (Fsp3) is 0.417. The van der Waals surface area contributed by atoms with Crippen LogP contribution in [0.2, 0.25) is 5.02 Å². The summed E-state index contributed by atoms with van der Waals surface area (Å²) < 4.78 is 13.3. The van der Waals surface area contributed by atoms with Crippen LogP contribution in [0.4, 0.5) is 4.39 Å². The highest BCUT2D eigenvalue weighted by atomic mass is 35.5. The zero-order valence-corrected chi connectivity index (χ0v) is 11.3. The van der Waals surface area contributed by atoms with Gasteiger partial charge in [0.05, 0.1) is 10.6 Å². The number of nitrogens with two attached hydrogens (primary N) is 1. The van der Waals surface area contributed by atoms with Crippen molar-refractivity contribution in [1.82, 2.24) is 4.90 Å². The molecule has 1 amide bonds. The van der Waals surface area contributed by atoms with Gasteiger partial charge in [0.2, 0.25) is 0 Å². The first-order valence-corrected chi connectivity index (χ1v) is 5.96. The number of likely N-dealkylation sites (tertiary alicyclic amines) is 1. The molecule has 2 rings (SSSR count). The third kappa shape index (κ3) is 3.13. The van der Waals surface area contributed by atoms with Crippen molar-refractivity contribution in [2.75, 3.05) is 13.1 Å². The average Bonchev–Trinajstić information content (AvgIpc) is 2.32. The maximum Gasteiger partial charge on any atom is 0.255 e. The van der Waals surface area contributed by atoms with E-state index in [0.29, 0.717) is 13.1 Å². The summed E-state index contributed by atoms with van der Waals surface area (Å²) in [5.41, 5.74) is 6.02. The number of amides is 1. The molecule has 0 saturated carbocycles. The Kier molecular flexibility index (Phi) is 5.38. The second-order valence-electron chi connectivity index (χ2n) is 4.25. The first-order valence-electron chi connectivity index (χ1n) is 5.58. The van der Waals surface area contributed by atoms with Crippen LogP contribution in [0.3, 0.4) is 0 Å². The molecule has 6 heteroatoms. The standard InChI is InChI=1S/C12H14ClFN2O.ClH/c13-11-9(4-1-5-10(11)14)12(17)16-6-2-3-8(15)7-16;/h1,4-5,8H,2-3,6-7,15H2;1H/t8-;/m1./s1. The minimum Gasteiger partial charge on any atom is -0.337 e. The van der Waals surface area contributed by atoms with Gasteiger partial charge in [-0.1, -0.05) is 17.7 Å². The van der Waals surface area contributed by atoms with Crippen molar-refractivity contribution in [3.8, 4) is 0 Å². The van der Waals surface area contributed by atoms with E-state index in [1.807, 2.05) is 0 Å². The van der Waals surface area contributed by atoms with Crippen LogP contribution in [-0.4, -0.2) is 29.9 Å². The number of piperidine rings is 1. The van der Waals surface area contributed by atoms with Crippen LogP contribution in [-0.2, 0) is 0 Å². The average molecular weight is 293 g/mol. The van der Waals surface area contributed by atoms with Crippen molar-refractivity contribution in [3.05, 3.63) is 34.6 Å². The Morgan fingerprint density at radius 3 is 2.89 bits per heavy atom. The lowest BCUT2D eigenvalue weighted by Gasteiger charge is -2.31. The van der Waals surface area contributed by atoms with Gasteiger partial charge in [0.1, 0.15) is 5.82 Å². The quantitative estimate of drug-likeness (QED) is 0.864. The first kappa shape index (κ1) is 15.2. The van der Waals surface area contributed by atoms with Crippen LogP contribution in [0.15, 0.2) is 18.2 Å². The smallest absolute Gasteiger partial charge is 0.255 e. The Bertz CT molecular complexity index is 442. The third-order valence-corrected chi connectivity index (χ3v) is 3.31. The van der Waals surface area contributed by atoms with Gasteiger partial charge in [-0.05, 0) is 25.0 Å². The molecule has 0 radical (unpaired) electrons. The van der Waals surface area contributed by atoms with Gasteiger partial charge in [-0.3, -0.25) is 4.79 Å². The van der Waals surface area contributed by atoms with E-state index in [1.54, 1.807) is 4.90 Å². The number of hydrogen-bond acceptors (Lipinski definition) is 2. The molecule has 1 atom stereocenters. The Balaban J connectivity index is 0.00000162. The number of carbonyl (C=O) groups is 1. The van der Waals surface area contributed by atoms with Gasteiger partial charge in [-0.15, -0.1) is 12.4 Å². The SMILES string of the molecule is Cl.N[C@@H]1CCCN(C(=O)c2cccc(F)c2Cl)C1. The highest BCUT2D eigenvalue weighted by Crippen LogP contribution is 2.22. The van der Waals surface area contributed by atoms with E-state index in [9.17, 15) is 9.18 Å². The lowest BCUT2D eigenvalue weighted by molar-refractivity contribution is 0.0708. The number of rotatable bonds is 1. The summed E-state index contributed by atoms with van der Waals surface area (Å²) in [4.78, 5) is 13.8. The summed E-state index contributed by atoms with van der Waals surface area (Å²) in [5.74, 6) is -0.816. The summed E-state index contributed by atoms with van der Waals surface area (Å²) in [7, 11) is 0. The zero-order valence-electron chi connectivity index (χ0n) is 9.73. The van der Waals surface area contributed by atoms with Gasteiger partial charge < -0.3 is 10.6 Å². The molecule has 0 aromatic heterocycles. The van der Waals surface area contributed by atoms with Crippen LogP contribution in [0, 0.1) is 5.82 Å². The molecule has 0 bridgehead atoms. The van der Waals surface area contributed by atoms with Crippen LogP contribution in [0.1, 0.15) is 23.2 Å². The molecule has 1 saturated heterocycles. The number of benzene rings is 1. The lowest BCUT2D eigenvalue weighted by Crippen LogP contribution is -2.45. The monoisotopic (exact) mass is 292 g/mol. The fourth-order valence-electron chi connectivity index (χ4n) is 2.03. The summed E-state index contributed by atoms with van der Waals surface area (Å²) in [6.45, 7) is 1.16. The molecule has 1 aliphatic heterocycles. The second-order valence-corrected chi connectivity index (χ2v) is 4.63. The molecular formula is C12H15Cl2FN2O. The van der Waals surface area contributed by atoms with E-state index in [0.717, 1.165) is 12.8 Å². The number of carbonyl (C=O) groups excluding carboxylic acids is 1. The zero-order chi connectivity index (χ0) is 12.4. The van der Waals surface area contributed by atoms with E-state index in [-0.39, 0.29) is 34.9 Å². The van der Waals surface area contributed by atoms with E-state index >= 15 is 0 Å². The minimum absolute atomic E-state index is 0. The van der Waals surface area contributed by atoms with Crippen LogP contribution < -0.4 is 5.73 Å². The first-order chi connectivity index (χ1) is 8.09. The maximum atomic E-state index is 13.3. The molecule has 100 valence electrons. The van der Waals surface area contributed by atoms with E-state index in [1.165, 1.54) is 18.2 Å². The van der Waals surface area contributed by atoms with E-state index in [2.05, 4.69) is 0 Å². The molecule has 18 heavy (non-hydrogen) atoms. The lowest BCUT2D eigenvalue weighted by atomic mass is 10.1. The highest BCUT2D eigenvalue weighted by Gasteiger charge is 2.24. The predicted octanol–water partition coefficient (Wildman–Crippen LogP) is 2.46. The fourth-order valence-corrected chi connectivity index (χ4v) is 2.24. The number of hydrogen-bond donors (Lipinski definition) is 1. The molecule has 1 heterocycles. The number of halogens is 3. The van der Waals surface area contributed by atoms with Gasteiger partial charge in [0.25, 0.3) is 5.91 Å². The molecule has 1 aromatic carbocycles. The summed E-state index contributed by atoms with van der Waals surface area (Å²) >= 11 is 5.79. The summed E-state index contributed by atoms with van der Waals surface area (Å²) in [5, 5.41) is -0.114. The molecule has 0 unspecified atom stereocenters. The van der Waals surface area contributed by atoms with Crippen molar-refractivity contribution in [2.24, 2.45) is 5.73 Å². The molecule has 2 N–H and O–H groups in total. The molecule has 3 nitrogen and oxygen atoms in total. The van der Waals surface area contributed by atoms with E-state index < -0.39 is 5.82 Å². The van der Waals surface area contributed by atoms with Gasteiger partial charge in [0.15, 0.2) is 0 Å². The van der Waals surface area contributed by atoms with Crippen LogP contribution in [0.25, 0.3) is 0 Å². The molecule has 1 aromatic rings.